The van der Waals surface area contributed by atoms with Gasteiger partial charge in [-0.25, -0.2) is 9.97 Å². The monoisotopic (exact) mass is 309 g/mol. The Morgan fingerprint density at radius 2 is 1.65 bits per heavy atom. The Morgan fingerprint density at radius 1 is 1.05 bits per heavy atom. The molecule has 0 saturated heterocycles. The largest absolute Gasteiger partial charge is 0.322 e. The molecule has 2 rings (SSSR count). The molecule has 0 unspecified atom stereocenters. The number of aryl methyl sites for hydroxylation is 3. The van der Waals surface area contributed by atoms with Gasteiger partial charge in [0.05, 0.1) is 27.0 Å². The number of hydrogen-bond acceptors (Lipinski definition) is 3. The van der Waals surface area contributed by atoms with Crippen LogP contribution in [-0.4, -0.2) is 15.9 Å². The van der Waals surface area contributed by atoms with Crippen molar-refractivity contribution in [2.24, 2.45) is 0 Å². The minimum atomic E-state index is -0.265. The molecule has 0 spiro atoms. The van der Waals surface area contributed by atoms with Gasteiger partial charge in [-0.2, -0.15) is 0 Å². The number of rotatable bonds is 2. The lowest BCUT2D eigenvalue weighted by atomic mass is 10.1. The number of amides is 1. The highest BCUT2D eigenvalue weighted by atomic mass is 35.5. The summed E-state index contributed by atoms with van der Waals surface area (Å²) in [5.74, 6) is 0.379. The summed E-state index contributed by atoms with van der Waals surface area (Å²) in [6, 6.07) is 4.91. The van der Waals surface area contributed by atoms with Gasteiger partial charge in [0.25, 0.3) is 5.91 Å². The maximum atomic E-state index is 12.3. The van der Waals surface area contributed by atoms with Crippen LogP contribution in [0.2, 0.25) is 10.0 Å². The summed E-state index contributed by atoms with van der Waals surface area (Å²) in [7, 11) is 0. The lowest BCUT2D eigenvalue weighted by Gasteiger charge is -2.10. The van der Waals surface area contributed by atoms with Crippen molar-refractivity contribution < 1.29 is 4.79 Å². The highest BCUT2D eigenvalue weighted by Gasteiger charge is 2.15. The van der Waals surface area contributed by atoms with E-state index in [-0.39, 0.29) is 5.91 Å². The summed E-state index contributed by atoms with van der Waals surface area (Å²) < 4.78 is 0. The molecule has 20 heavy (non-hydrogen) atoms. The second-order valence-electron chi connectivity index (χ2n) is 4.40. The predicted octanol–water partition coefficient (Wildman–Crippen LogP) is 3.96. The lowest BCUT2D eigenvalue weighted by Crippen LogP contribution is -2.17. The molecular formula is C14H13Cl2N3O. The van der Waals surface area contributed by atoms with Gasteiger partial charge in [-0.05, 0) is 39.0 Å². The van der Waals surface area contributed by atoms with Crippen LogP contribution in [0, 0.1) is 20.8 Å². The second kappa shape index (κ2) is 5.77. The average molecular weight is 310 g/mol. The normalized spacial score (nSPS) is 10.4. The zero-order valence-corrected chi connectivity index (χ0v) is 12.8. The Labute approximate surface area is 127 Å². The maximum absolute atomic E-state index is 12.3. The topological polar surface area (TPSA) is 54.9 Å². The molecule has 0 saturated carbocycles. The highest BCUT2D eigenvalue weighted by molar-refractivity contribution is 6.42. The van der Waals surface area contributed by atoms with E-state index in [1.54, 1.807) is 39.0 Å². The fourth-order valence-corrected chi connectivity index (χ4v) is 2.28. The van der Waals surface area contributed by atoms with E-state index in [1.807, 2.05) is 0 Å². The first-order chi connectivity index (χ1) is 9.38. The van der Waals surface area contributed by atoms with Gasteiger partial charge in [-0.1, -0.05) is 23.2 Å². The molecule has 0 atom stereocenters. The van der Waals surface area contributed by atoms with Crippen LogP contribution in [0.1, 0.15) is 27.6 Å². The summed E-state index contributed by atoms with van der Waals surface area (Å²) in [6.07, 6.45) is 0. The van der Waals surface area contributed by atoms with Gasteiger partial charge >= 0.3 is 0 Å². The number of anilines is 1. The number of nitrogens with zero attached hydrogens (tertiary/aromatic N) is 2. The van der Waals surface area contributed by atoms with Gasteiger partial charge in [0.1, 0.15) is 5.82 Å². The SMILES string of the molecule is Cc1nc(C)c(C(=O)Nc2ccc(Cl)c(Cl)c2)c(C)n1. The van der Waals surface area contributed by atoms with Gasteiger partial charge < -0.3 is 5.32 Å². The zero-order chi connectivity index (χ0) is 14.9. The van der Waals surface area contributed by atoms with Crippen molar-refractivity contribution in [1.29, 1.82) is 0 Å². The number of hydrogen-bond donors (Lipinski definition) is 1. The van der Waals surface area contributed by atoms with E-state index in [1.165, 1.54) is 0 Å². The summed E-state index contributed by atoms with van der Waals surface area (Å²) in [6.45, 7) is 5.36. The molecule has 104 valence electrons. The number of carbonyl (C=O) groups is 1. The fourth-order valence-electron chi connectivity index (χ4n) is 1.98. The molecule has 0 fully saturated rings. The van der Waals surface area contributed by atoms with Crippen LogP contribution in [0.4, 0.5) is 5.69 Å². The Balaban J connectivity index is 2.31. The zero-order valence-electron chi connectivity index (χ0n) is 11.3. The van der Waals surface area contributed by atoms with Crippen LogP contribution >= 0.6 is 23.2 Å². The predicted molar refractivity (Wildman–Crippen MR) is 80.7 cm³/mol. The minimum Gasteiger partial charge on any atom is -0.322 e. The molecule has 0 aliphatic heterocycles. The molecular weight excluding hydrogens is 297 g/mol. The van der Waals surface area contributed by atoms with Crippen LogP contribution in [0.25, 0.3) is 0 Å². The van der Waals surface area contributed by atoms with Crippen LogP contribution in [0.15, 0.2) is 18.2 Å². The van der Waals surface area contributed by atoms with Gasteiger partial charge in [0, 0.05) is 5.69 Å². The first-order valence-electron chi connectivity index (χ1n) is 5.96. The van der Waals surface area contributed by atoms with E-state index in [2.05, 4.69) is 15.3 Å². The van der Waals surface area contributed by atoms with E-state index in [9.17, 15) is 4.79 Å². The highest BCUT2D eigenvalue weighted by Crippen LogP contribution is 2.25. The Hall–Kier alpha value is -1.65. The molecule has 1 amide bonds. The molecule has 2 aromatic rings. The standard InChI is InChI=1S/C14H13Cl2N3O/c1-7-13(8(2)18-9(3)17-7)14(20)19-10-4-5-11(15)12(16)6-10/h4-6H,1-3H3,(H,19,20). The van der Waals surface area contributed by atoms with E-state index in [4.69, 9.17) is 23.2 Å². The first-order valence-corrected chi connectivity index (χ1v) is 6.72. The summed E-state index contributed by atoms with van der Waals surface area (Å²) in [5, 5.41) is 3.59. The summed E-state index contributed by atoms with van der Waals surface area (Å²) >= 11 is 11.8. The number of benzene rings is 1. The molecule has 1 N–H and O–H groups in total. The first kappa shape index (κ1) is 14.8. The molecule has 0 radical (unpaired) electrons. The third-order valence-corrected chi connectivity index (χ3v) is 3.53. The van der Waals surface area contributed by atoms with Crippen molar-refractivity contribution in [3.8, 4) is 0 Å². The van der Waals surface area contributed by atoms with Crippen LogP contribution in [0.5, 0.6) is 0 Å². The second-order valence-corrected chi connectivity index (χ2v) is 5.21. The van der Waals surface area contributed by atoms with Gasteiger partial charge in [-0.3, -0.25) is 4.79 Å². The van der Waals surface area contributed by atoms with Crippen molar-refractivity contribution in [3.05, 3.63) is 51.0 Å². The number of halogens is 2. The third-order valence-electron chi connectivity index (χ3n) is 2.79. The Morgan fingerprint density at radius 3 is 2.20 bits per heavy atom. The van der Waals surface area contributed by atoms with Crippen molar-refractivity contribution in [3.63, 3.8) is 0 Å². The number of nitrogens with one attached hydrogen (secondary N) is 1. The van der Waals surface area contributed by atoms with E-state index in [0.717, 1.165) is 0 Å². The molecule has 0 aliphatic rings. The average Bonchev–Trinajstić information content (AvgIpc) is 2.32. The lowest BCUT2D eigenvalue weighted by molar-refractivity contribution is 0.102. The van der Waals surface area contributed by atoms with E-state index in [0.29, 0.717) is 38.5 Å². The van der Waals surface area contributed by atoms with Crippen LogP contribution in [0.3, 0.4) is 0 Å². The number of aromatic nitrogens is 2. The van der Waals surface area contributed by atoms with Gasteiger partial charge in [-0.15, -0.1) is 0 Å². The van der Waals surface area contributed by atoms with Crippen molar-refractivity contribution >= 4 is 34.8 Å². The molecule has 4 nitrogen and oxygen atoms in total. The molecule has 6 heteroatoms. The van der Waals surface area contributed by atoms with E-state index < -0.39 is 0 Å². The smallest absolute Gasteiger partial charge is 0.259 e. The molecule has 1 aromatic carbocycles. The Bertz CT molecular complexity index is 663. The van der Waals surface area contributed by atoms with Crippen LogP contribution < -0.4 is 5.32 Å². The van der Waals surface area contributed by atoms with Crippen molar-refractivity contribution in [1.82, 2.24) is 9.97 Å². The van der Waals surface area contributed by atoms with Crippen LogP contribution in [-0.2, 0) is 0 Å². The molecule has 1 aromatic heterocycles. The fraction of sp³-hybridized carbons (Fsp3) is 0.214. The molecule has 1 heterocycles. The van der Waals surface area contributed by atoms with Gasteiger partial charge in [0.2, 0.25) is 0 Å². The van der Waals surface area contributed by atoms with Crippen molar-refractivity contribution in [2.75, 3.05) is 5.32 Å². The Kier molecular flexibility index (Phi) is 4.26. The van der Waals surface area contributed by atoms with E-state index >= 15 is 0 Å². The molecule has 0 aliphatic carbocycles. The minimum absolute atomic E-state index is 0.265. The maximum Gasteiger partial charge on any atom is 0.259 e. The summed E-state index contributed by atoms with van der Waals surface area (Å²) in [4.78, 5) is 20.7. The molecule has 0 bridgehead atoms. The summed E-state index contributed by atoms with van der Waals surface area (Å²) in [5.41, 5.74) is 2.34. The third kappa shape index (κ3) is 3.08. The van der Waals surface area contributed by atoms with Crippen molar-refractivity contribution in [2.45, 2.75) is 20.8 Å². The quantitative estimate of drug-likeness (QED) is 0.913. The van der Waals surface area contributed by atoms with Gasteiger partial charge in [0.15, 0.2) is 0 Å². The number of carbonyl (C=O) groups excluding carboxylic acids is 1.